The average molecular weight is 327 g/mol. The van der Waals surface area contributed by atoms with Gasteiger partial charge in [-0.3, -0.25) is 4.79 Å². The lowest BCUT2D eigenvalue weighted by Crippen LogP contribution is -2.48. The summed E-state index contributed by atoms with van der Waals surface area (Å²) >= 11 is 3.22. The molecule has 102 valence electrons. The monoisotopic (exact) mass is 326 g/mol. The average Bonchev–Trinajstić information content (AvgIpc) is 2.76. The number of amides is 1. The molecule has 0 radical (unpaired) electrons. The van der Waals surface area contributed by atoms with Crippen molar-refractivity contribution in [1.82, 2.24) is 0 Å². The fourth-order valence-electron chi connectivity index (χ4n) is 2.27. The van der Waals surface area contributed by atoms with E-state index >= 15 is 0 Å². The molecule has 2 rings (SSSR count). The summed E-state index contributed by atoms with van der Waals surface area (Å²) in [5, 5.41) is 11.7. The Morgan fingerprint density at radius 2 is 1.89 bits per heavy atom. The second-order valence-electron chi connectivity index (χ2n) is 4.85. The van der Waals surface area contributed by atoms with Gasteiger partial charge in [0.1, 0.15) is 0 Å². The lowest BCUT2D eigenvalue weighted by molar-refractivity contribution is -0.121. The highest BCUT2D eigenvalue weighted by atomic mass is 79.9. The Kier molecular flexibility index (Phi) is 3.91. The maximum absolute atomic E-state index is 12.1. The molecule has 0 bridgehead atoms. The summed E-state index contributed by atoms with van der Waals surface area (Å²) in [5.74, 6) is -1.29. The zero-order chi connectivity index (χ0) is 14.0. The van der Waals surface area contributed by atoms with Crippen LogP contribution in [0.5, 0.6) is 0 Å². The molecular formula is C13H15BrN2O3. The van der Waals surface area contributed by atoms with Gasteiger partial charge < -0.3 is 16.2 Å². The minimum atomic E-state index is -1.04. The molecule has 0 unspecified atom stereocenters. The Labute approximate surface area is 119 Å². The maximum Gasteiger partial charge on any atom is 0.335 e. The van der Waals surface area contributed by atoms with Crippen LogP contribution < -0.4 is 11.1 Å². The highest BCUT2D eigenvalue weighted by Gasteiger charge is 2.37. The third-order valence-electron chi connectivity index (χ3n) is 3.35. The summed E-state index contributed by atoms with van der Waals surface area (Å²) in [7, 11) is 0. The SMILES string of the molecule is NC1(C(=O)Nc2cc(Br)cc(C(=O)O)c2)CCCC1. The van der Waals surface area contributed by atoms with E-state index in [9.17, 15) is 9.59 Å². The molecule has 1 aromatic carbocycles. The van der Waals surface area contributed by atoms with E-state index in [-0.39, 0.29) is 11.5 Å². The number of hydrogen-bond acceptors (Lipinski definition) is 3. The van der Waals surface area contributed by atoms with E-state index in [4.69, 9.17) is 10.8 Å². The number of nitrogens with two attached hydrogens (primary N) is 1. The van der Waals surface area contributed by atoms with Crippen molar-refractivity contribution < 1.29 is 14.7 Å². The fraction of sp³-hybridized carbons (Fsp3) is 0.385. The van der Waals surface area contributed by atoms with Gasteiger partial charge in [0, 0.05) is 10.2 Å². The quantitative estimate of drug-likeness (QED) is 0.794. The first-order valence-electron chi connectivity index (χ1n) is 6.05. The number of carbonyl (C=O) groups excluding carboxylic acids is 1. The third kappa shape index (κ3) is 3.13. The Morgan fingerprint density at radius 1 is 1.26 bits per heavy atom. The summed E-state index contributed by atoms with van der Waals surface area (Å²) in [6.45, 7) is 0. The molecule has 0 spiro atoms. The first-order chi connectivity index (χ1) is 8.90. The molecule has 19 heavy (non-hydrogen) atoms. The number of hydrogen-bond donors (Lipinski definition) is 3. The molecule has 4 N–H and O–H groups in total. The molecule has 1 aliphatic rings. The first kappa shape index (κ1) is 14.0. The van der Waals surface area contributed by atoms with Gasteiger partial charge in [-0.25, -0.2) is 4.79 Å². The molecule has 0 saturated heterocycles. The number of carbonyl (C=O) groups is 2. The van der Waals surface area contributed by atoms with Gasteiger partial charge in [0.2, 0.25) is 5.91 Å². The van der Waals surface area contributed by atoms with E-state index in [2.05, 4.69) is 21.2 Å². The van der Waals surface area contributed by atoms with Crippen molar-refractivity contribution in [2.75, 3.05) is 5.32 Å². The highest BCUT2D eigenvalue weighted by molar-refractivity contribution is 9.10. The zero-order valence-electron chi connectivity index (χ0n) is 10.3. The minimum Gasteiger partial charge on any atom is -0.478 e. The summed E-state index contributed by atoms with van der Waals surface area (Å²) in [4.78, 5) is 23.1. The first-order valence-corrected chi connectivity index (χ1v) is 6.84. The van der Waals surface area contributed by atoms with Crippen LogP contribution in [0.15, 0.2) is 22.7 Å². The van der Waals surface area contributed by atoms with Crippen molar-refractivity contribution >= 4 is 33.5 Å². The lowest BCUT2D eigenvalue weighted by atomic mass is 9.98. The van der Waals surface area contributed by atoms with Gasteiger partial charge in [-0.2, -0.15) is 0 Å². The van der Waals surface area contributed by atoms with Crippen LogP contribution in [-0.2, 0) is 4.79 Å². The maximum atomic E-state index is 12.1. The van der Waals surface area contributed by atoms with E-state index < -0.39 is 11.5 Å². The molecule has 1 amide bonds. The lowest BCUT2D eigenvalue weighted by Gasteiger charge is -2.22. The van der Waals surface area contributed by atoms with Crippen molar-refractivity contribution in [3.05, 3.63) is 28.2 Å². The second-order valence-corrected chi connectivity index (χ2v) is 5.77. The standard InChI is InChI=1S/C13H15BrN2O3/c14-9-5-8(11(17)18)6-10(7-9)16-12(19)13(15)3-1-2-4-13/h5-7H,1-4,15H2,(H,16,19)(H,17,18). The van der Waals surface area contributed by atoms with E-state index in [0.717, 1.165) is 12.8 Å². The van der Waals surface area contributed by atoms with Crippen LogP contribution in [-0.4, -0.2) is 22.5 Å². The molecule has 5 nitrogen and oxygen atoms in total. The van der Waals surface area contributed by atoms with E-state index in [1.807, 2.05) is 0 Å². The van der Waals surface area contributed by atoms with Gasteiger partial charge in [0.05, 0.1) is 11.1 Å². The molecule has 0 atom stereocenters. The molecule has 6 heteroatoms. The summed E-state index contributed by atoms with van der Waals surface area (Å²) in [6.07, 6.45) is 3.23. The number of carboxylic acid groups (broad SMARTS) is 1. The number of carboxylic acids is 1. The topological polar surface area (TPSA) is 92.4 Å². The number of anilines is 1. The highest BCUT2D eigenvalue weighted by Crippen LogP contribution is 2.29. The van der Waals surface area contributed by atoms with Crippen LogP contribution in [0.1, 0.15) is 36.0 Å². The van der Waals surface area contributed by atoms with Crippen molar-refractivity contribution in [2.24, 2.45) is 5.73 Å². The Balaban J connectivity index is 2.19. The van der Waals surface area contributed by atoms with Gasteiger partial charge in [0.25, 0.3) is 0 Å². The Morgan fingerprint density at radius 3 is 2.47 bits per heavy atom. The zero-order valence-corrected chi connectivity index (χ0v) is 11.9. The second kappa shape index (κ2) is 5.30. The fourth-order valence-corrected chi connectivity index (χ4v) is 2.77. The predicted octanol–water partition coefficient (Wildman–Crippen LogP) is 2.36. The number of nitrogens with one attached hydrogen (secondary N) is 1. The van der Waals surface area contributed by atoms with Gasteiger partial charge >= 0.3 is 5.97 Å². The number of aromatic carboxylic acids is 1. The van der Waals surface area contributed by atoms with Crippen molar-refractivity contribution in [1.29, 1.82) is 0 Å². The van der Waals surface area contributed by atoms with E-state index in [1.54, 1.807) is 6.07 Å². The molecule has 0 aliphatic heterocycles. The third-order valence-corrected chi connectivity index (χ3v) is 3.81. The summed E-state index contributed by atoms with van der Waals surface area (Å²) in [6, 6.07) is 4.55. The Hall–Kier alpha value is -1.40. The molecule has 0 aromatic heterocycles. The minimum absolute atomic E-state index is 0.113. The van der Waals surface area contributed by atoms with Crippen molar-refractivity contribution in [3.8, 4) is 0 Å². The number of rotatable bonds is 3. The molecule has 1 aromatic rings. The van der Waals surface area contributed by atoms with Gasteiger partial charge in [-0.05, 0) is 31.0 Å². The number of benzene rings is 1. The number of halogens is 1. The molecular weight excluding hydrogens is 312 g/mol. The summed E-state index contributed by atoms with van der Waals surface area (Å²) in [5.41, 5.74) is 5.77. The van der Waals surface area contributed by atoms with Crippen molar-refractivity contribution in [3.63, 3.8) is 0 Å². The van der Waals surface area contributed by atoms with Crippen LogP contribution in [0.2, 0.25) is 0 Å². The van der Waals surface area contributed by atoms with Crippen LogP contribution in [0, 0.1) is 0 Å². The summed E-state index contributed by atoms with van der Waals surface area (Å²) < 4.78 is 0.597. The molecule has 1 fully saturated rings. The van der Waals surface area contributed by atoms with Crippen molar-refractivity contribution in [2.45, 2.75) is 31.2 Å². The Bertz CT molecular complexity index is 525. The van der Waals surface area contributed by atoms with Gasteiger partial charge in [0.15, 0.2) is 0 Å². The van der Waals surface area contributed by atoms with Crippen LogP contribution >= 0.6 is 15.9 Å². The smallest absolute Gasteiger partial charge is 0.335 e. The predicted molar refractivity (Wildman–Crippen MR) is 75.1 cm³/mol. The van der Waals surface area contributed by atoms with Crippen LogP contribution in [0.25, 0.3) is 0 Å². The van der Waals surface area contributed by atoms with Crippen LogP contribution in [0.3, 0.4) is 0 Å². The molecule has 0 heterocycles. The molecule has 1 saturated carbocycles. The molecule has 1 aliphatic carbocycles. The van der Waals surface area contributed by atoms with E-state index in [1.165, 1.54) is 12.1 Å². The largest absolute Gasteiger partial charge is 0.478 e. The van der Waals surface area contributed by atoms with Crippen LogP contribution in [0.4, 0.5) is 5.69 Å². The normalized spacial score (nSPS) is 17.2. The van der Waals surface area contributed by atoms with Gasteiger partial charge in [-0.15, -0.1) is 0 Å². The van der Waals surface area contributed by atoms with E-state index in [0.29, 0.717) is 23.0 Å². The van der Waals surface area contributed by atoms with Gasteiger partial charge in [-0.1, -0.05) is 28.8 Å².